The average molecular weight is 420 g/mol. The molecule has 0 bridgehead atoms. The molecule has 1 saturated heterocycles. The molecule has 4 aromatic rings. The van der Waals surface area contributed by atoms with Gasteiger partial charge in [0.2, 0.25) is 5.88 Å². The molecule has 3 aromatic heterocycles. The Kier molecular flexibility index (Phi) is 5.51. The highest BCUT2D eigenvalue weighted by atomic mass is 16.5. The molecule has 4 heterocycles. The second-order valence-corrected chi connectivity index (χ2v) is 8.38. The minimum absolute atomic E-state index is 0.530. The van der Waals surface area contributed by atoms with E-state index >= 15 is 0 Å². The summed E-state index contributed by atoms with van der Waals surface area (Å²) < 4.78 is 14.1. The molecule has 7 nitrogen and oxygen atoms in total. The molecule has 0 spiro atoms. The van der Waals surface area contributed by atoms with Crippen molar-refractivity contribution in [3.05, 3.63) is 48.0 Å². The SMILES string of the molecule is Cc1cc2cc(Oc3ncnn4cc(OCCCN5CCCCC5)c(C)c34)ccc2[nH]1. The number of aromatic amines is 1. The number of hydrogen-bond donors (Lipinski definition) is 1. The zero-order valence-corrected chi connectivity index (χ0v) is 18.2. The van der Waals surface area contributed by atoms with E-state index in [0.29, 0.717) is 12.5 Å². The highest BCUT2D eigenvalue weighted by molar-refractivity contribution is 5.82. The second-order valence-electron chi connectivity index (χ2n) is 8.38. The summed E-state index contributed by atoms with van der Waals surface area (Å²) in [6, 6.07) is 8.11. The summed E-state index contributed by atoms with van der Waals surface area (Å²) in [5.41, 5.74) is 4.05. The molecule has 1 aliphatic heterocycles. The third-order valence-corrected chi connectivity index (χ3v) is 6.01. The summed E-state index contributed by atoms with van der Waals surface area (Å²) in [4.78, 5) is 10.3. The van der Waals surface area contributed by atoms with Crippen LogP contribution in [0.4, 0.5) is 0 Å². The first-order valence-corrected chi connectivity index (χ1v) is 11.1. The van der Waals surface area contributed by atoms with Crippen molar-refractivity contribution in [2.24, 2.45) is 0 Å². The monoisotopic (exact) mass is 419 g/mol. The van der Waals surface area contributed by atoms with Crippen LogP contribution in [0, 0.1) is 13.8 Å². The fraction of sp³-hybridized carbons (Fsp3) is 0.417. The van der Waals surface area contributed by atoms with Crippen LogP contribution in [-0.4, -0.2) is 50.7 Å². The molecule has 31 heavy (non-hydrogen) atoms. The molecule has 7 heteroatoms. The van der Waals surface area contributed by atoms with Gasteiger partial charge in [-0.2, -0.15) is 10.1 Å². The number of nitrogens with zero attached hydrogens (tertiary/aromatic N) is 4. The van der Waals surface area contributed by atoms with Gasteiger partial charge in [0.05, 0.1) is 12.8 Å². The van der Waals surface area contributed by atoms with Crippen molar-refractivity contribution in [3.8, 4) is 17.4 Å². The molecule has 0 saturated carbocycles. The van der Waals surface area contributed by atoms with Crippen LogP contribution in [0.25, 0.3) is 16.4 Å². The number of rotatable bonds is 7. The van der Waals surface area contributed by atoms with Crippen molar-refractivity contribution in [1.82, 2.24) is 24.5 Å². The summed E-state index contributed by atoms with van der Waals surface area (Å²) in [7, 11) is 0. The molecule has 0 atom stereocenters. The number of piperidine rings is 1. The van der Waals surface area contributed by atoms with E-state index in [4.69, 9.17) is 9.47 Å². The Labute approximate surface area is 182 Å². The first kappa shape index (κ1) is 19.9. The van der Waals surface area contributed by atoms with Crippen molar-refractivity contribution in [2.75, 3.05) is 26.2 Å². The fourth-order valence-corrected chi connectivity index (χ4v) is 4.41. The van der Waals surface area contributed by atoms with Gasteiger partial charge >= 0.3 is 0 Å². The van der Waals surface area contributed by atoms with E-state index in [-0.39, 0.29) is 0 Å². The Hall–Kier alpha value is -3.06. The van der Waals surface area contributed by atoms with Gasteiger partial charge in [-0.05, 0) is 70.5 Å². The van der Waals surface area contributed by atoms with Gasteiger partial charge in [-0.15, -0.1) is 0 Å². The van der Waals surface area contributed by atoms with Gasteiger partial charge in [0.1, 0.15) is 23.3 Å². The zero-order valence-electron chi connectivity index (χ0n) is 18.2. The lowest BCUT2D eigenvalue weighted by Crippen LogP contribution is -2.31. The maximum Gasteiger partial charge on any atom is 0.247 e. The Bertz CT molecular complexity index is 1190. The van der Waals surface area contributed by atoms with E-state index in [1.165, 1.54) is 38.7 Å². The normalized spacial score (nSPS) is 15.0. The fourth-order valence-electron chi connectivity index (χ4n) is 4.41. The Balaban J connectivity index is 1.30. The highest BCUT2D eigenvalue weighted by Crippen LogP contribution is 2.33. The van der Waals surface area contributed by atoms with E-state index in [2.05, 4.69) is 26.0 Å². The number of benzene rings is 1. The molecule has 0 radical (unpaired) electrons. The minimum atomic E-state index is 0.530. The van der Waals surface area contributed by atoms with Gasteiger partial charge < -0.3 is 19.4 Å². The first-order valence-electron chi connectivity index (χ1n) is 11.1. The predicted octanol–water partition coefficient (Wildman–Crippen LogP) is 4.87. The standard InChI is InChI=1S/C24H29N5O2/c1-17-13-19-14-20(7-8-21(19)27-17)31-24-23-18(2)22(15-29(23)26-16-25-24)30-12-6-11-28-9-4-3-5-10-28/h7-8,13-16,27H,3-6,9-12H2,1-2H3. The van der Waals surface area contributed by atoms with Gasteiger partial charge in [0.15, 0.2) is 0 Å². The number of fused-ring (bicyclic) bond motifs is 2. The summed E-state index contributed by atoms with van der Waals surface area (Å²) in [5.74, 6) is 2.11. The van der Waals surface area contributed by atoms with Crippen LogP contribution in [-0.2, 0) is 0 Å². The molecular weight excluding hydrogens is 390 g/mol. The molecule has 1 aromatic carbocycles. The first-order chi connectivity index (χ1) is 15.2. The van der Waals surface area contributed by atoms with Crippen LogP contribution >= 0.6 is 0 Å². The number of aryl methyl sites for hydroxylation is 2. The van der Waals surface area contributed by atoms with Crippen molar-refractivity contribution in [2.45, 2.75) is 39.5 Å². The molecule has 162 valence electrons. The highest BCUT2D eigenvalue weighted by Gasteiger charge is 2.16. The number of ether oxygens (including phenoxy) is 2. The van der Waals surface area contributed by atoms with E-state index in [0.717, 1.165) is 52.1 Å². The van der Waals surface area contributed by atoms with Gasteiger partial charge in [-0.3, -0.25) is 0 Å². The van der Waals surface area contributed by atoms with E-state index in [1.807, 2.05) is 38.2 Å². The van der Waals surface area contributed by atoms with E-state index in [1.54, 1.807) is 4.52 Å². The third-order valence-electron chi connectivity index (χ3n) is 6.01. The van der Waals surface area contributed by atoms with Gasteiger partial charge in [0.25, 0.3) is 0 Å². The molecule has 1 N–H and O–H groups in total. The second kappa shape index (κ2) is 8.59. The van der Waals surface area contributed by atoms with Crippen molar-refractivity contribution >= 4 is 16.4 Å². The smallest absolute Gasteiger partial charge is 0.247 e. The predicted molar refractivity (Wildman–Crippen MR) is 121 cm³/mol. The lowest BCUT2D eigenvalue weighted by molar-refractivity contribution is 0.204. The Morgan fingerprint density at radius 2 is 1.97 bits per heavy atom. The minimum Gasteiger partial charge on any atom is -0.492 e. The number of likely N-dealkylation sites (tertiary alicyclic amines) is 1. The average Bonchev–Trinajstić information content (AvgIpc) is 3.31. The van der Waals surface area contributed by atoms with Crippen LogP contribution in [0.2, 0.25) is 0 Å². The number of nitrogens with one attached hydrogen (secondary N) is 1. The molecule has 0 unspecified atom stereocenters. The molecule has 1 fully saturated rings. The molecule has 5 rings (SSSR count). The maximum atomic E-state index is 6.16. The van der Waals surface area contributed by atoms with Crippen molar-refractivity contribution in [3.63, 3.8) is 0 Å². The number of H-pyrrole nitrogens is 1. The van der Waals surface area contributed by atoms with Crippen LogP contribution < -0.4 is 9.47 Å². The van der Waals surface area contributed by atoms with Crippen LogP contribution in [0.15, 0.2) is 36.8 Å². The van der Waals surface area contributed by atoms with Gasteiger partial charge in [0, 0.05) is 28.7 Å². The molecule has 0 aliphatic carbocycles. The molecular formula is C24H29N5O2. The third kappa shape index (κ3) is 4.23. The topological polar surface area (TPSA) is 67.7 Å². The Morgan fingerprint density at radius 1 is 1.10 bits per heavy atom. The maximum absolute atomic E-state index is 6.16. The lowest BCUT2D eigenvalue weighted by atomic mass is 10.1. The number of aromatic nitrogens is 4. The Morgan fingerprint density at radius 3 is 2.84 bits per heavy atom. The summed E-state index contributed by atoms with van der Waals surface area (Å²) >= 11 is 0. The van der Waals surface area contributed by atoms with Crippen molar-refractivity contribution < 1.29 is 9.47 Å². The van der Waals surface area contributed by atoms with Gasteiger partial charge in [-0.1, -0.05) is 6.42 Å². The largest absolute Gasteiger partial charge is 0.492 e. The zero-order chi connectivity index (χ0) is 21.2. The van der Waals surface area contributed by atoms with Crippen LogP contribution in [0.1, 0.15) is 36.9 Å². The van der Waals surface area contributed by atoms with E-state index in [9.17, 15) is 0 Å². The number of hydrogen-bond acceptors (Lipinski definition) is 5. The summed E-state index contributed by atoms with van der Waals surface area (Å²) in [6.07, 6.45) is 8.47. The van der Waals surface area contributed by atoms with Crippen LogP contribution in [0.3, 0.4) is 0 Å². The van der Waals surface area contributed by atoms with Gasteiger partial charge in [-0.25, -0.2) is 4.52 Å². The lowest BCUT2D eigenvalue weighted by Gasteiger charge is -2.26. The molecule has 1 aliphatic rings. The van der Waals surface area contributed by atoms with Crippen molar-refractivity contribution in [1.29, 1.82) is 0 Å². The molecule has 0 amide bonds. The quantitative estimate of drug-likeness (QED) is 0.433. The van der Waals surface area contributed by atoms with E-state index < -0.39 is 0 Å². The van der Waals surface area contributed by atoms with Crippen LogP contribution in [0.5, 0.6) is 17.4 Å². The summed E-state index contributed by atoms with van der Waals surface area (Å²) in [5, 5.41) is 5.47. The summed E-state index contributed by atoms with van der Waals surface area (Å²) in [6.45, 7) is 8.32.